The smallest absolute Gasteiger partial charge is 0.263 e. The molecule has 8 nitrogen and oxygen atoms in total. The molecule has 31 heavy (non-hydrogen) atoms. The van der Waals surface area contributed by atoms with Crippen molar-refractivity contribution in [1.82, 2.24) is 4.98 Å². The second-order valence-corrected chi connectivity index (χ2v) is 9.20. The number of hydrogen-bond acceptors (Lipinski definition) is 7. The third kappa shape index (κ3) is 6.43. The summed E-state index contributed by atoms with van der Waals surface area (Å²) in [4.78, 5) is 16.1. The highest BCUT2D eigenvalue weighted by Crippen LogP contribution is 2.28. The Morgan fingerprint density at radius 3 is 2.58 bits per heavy atom. The van der Waals surface area contributed by atoms with Gasteiger partial charge in [-0.1, -0.05) is 6.07 Å². The zero-order chi connectivity index (χ0) is 22.3. The molecule has 3 aromatic rings. The van der Waals surface area contributed by atoms with Gasteiger partial charge in [0.05, 0.1) is 18.6 Å². The molecule has 0 saturated heterocycles. The van der Waals surface area contributed by atoms with Gasteiger partial charge in [0.1, 0.15) is 0 Å². The van der Waals surface area contributed by atoms with Crippen LogP contribution in [0.15, 0.2) is 58.9 Å². The number of hydrogen-bond donors (Lipinski definition) is 2. The monoisotopic (exact) mass is 461 g/mol. The van der Waals surface area contributed by atoms with Crippen LogP contribution in [0.2, 0.25) is 0 Å². The maximum atomic E-state index is 12.3. The number of aryl methyl sites for hydroxylation is 1. The molecular weight excluding hydrogens is 438 g/mol. The first-order valence-corrected chi connectivity index (χ1v) is 11.8. The molecule has 0 bridgehead atoms. The maximum absolute atomic E-state index is 12.3. The highest BCUT2D eigenvalue weighted by molar-refractivity contribution is 7.93. The summed E-state index contributed by atoms with van der Waals surface area (Å²) in [6.45, 7) is 2.34. The predicted octanol–water partition coefficient (Wildman–Crippen LogP) is 4.06. The van der Waals surface area contributed by atoms with Crippen LogP contribution >= 0.6 is 11.3 Å². The van der Waals surface area contributed by atoms with Gasteiger partial charge < -0.3 is 14.8 Å². The van der Waals surface area contributed by atoms with Gasteiger partial charge in [0, 0.05) is 23.7 Å². The molecule has 0 spiro atoms. The zero-order valence-electron chi connectivity index (χ0n) is 17.1. The van der Waals surface area contributed by atoms with Gasteiger partial charge >= 0.3 is 0 Å². The normalized spacial score (nSPS) is 11.0. The first kappa shape index (κ1) is 22.6. The average molecular weight is 462 g/mol. The van der Waals surface area contributed by atoms with E-state index in [1.165, 1.54) is 29.7 Å². The van der Waals surface area contributed by atoms with Gasteiger partial charge in [-0.05, 0) is 55.3 Å². The number of anilines is 2. The fourth-order valence-corrected chi connectivity index (χ4v) is 4.49. The van der Waals surface area contributed by atoms with Crippen molar-refractivity contribution < 1.29 is 22.7 Å². The second kappa shape index (κ2) is 10.3. The fourth-order valence-electron chi connectivity index (χ4n) is 2.70. The number of carbonyl (C=O) groups excluding carboxylic acids is 1. The summed E-state index contributed by atoms with van der Waals surface area (Å²) in [5.74, 6) is 1.11. The van der Waals surface area contributed by atoms with E-state index in [-0.39, 0.29) is 17.2 Å². The molecule has 3 rings (SSSR count). The number of amides is 1. The van der Waals surface area contributed by atoms with Crippen LogP contribution in [0.4, 0.5) is 10.8 Å². The lowest BCUT2D eigenvalue weighted by Gasteiger charge is -2.11. The first-order chi connectivity index (χ1) is 14.9. The van der Waals surface area contributed by atoms with Gasteiger partial charge in [0.2, 0.25) is 5.91 Å². The van der Waals surface area contributed by atoms with Gasteiger partial charge in [0.15, 0.2) is 16.6 Å². The lowest BCUT2D eigenvalue weighted by molar-refractivity contribution is -0.116. The van der Waals surface area contributed by atoms with Gasteiger partial charge in [-0.2, -0.15) is 0 Å². The van der Waals surface area contributed by atoms with Crippen LogP contribution in [-0.4, -0.2) is 33.0 Å². The lowest BCUT2D eigenvalue weighted by Crippen LogP contribution is -2.14. The van der Waals surface area contributed by atoms with Crippen molar-refractivity contribution in [1.29, 1.82) is 0 Å². The van der Waals surface area contributed by atoms with E-state index in [1.54, 1.807) is 24.6 Å². The van der Waals surface area contributed by atoms with E-state index in [0.717, 1.165) is 5.56 Å². The molecule has 10 heteroatoms. The van der Waals surface area contributed by atoms with Gasteiger partial charge in [-0.15, -0.1) is 11.3 Å². The van der Waals surface area contributed by atoms with Crippen molar-refractivity contribution in [2.24, 2.45) is 0 Å². The number of nitrogens with one attached hydrogen (secondary N) is 2. The predicted molar refractivity (Wildman–Crippen MR) is 120 cm³/mol. The van der Waals surface area contributed by atoms with Crippen molar-refractivity contribution in [3.63, 3.8) is 0 Å². The SMILES string of the molecule is COc1cc(C)ccc1OCCCC(=O)Nc1ccc(S(=O)(=O)Nc2nccs2)cc1. The molecule has 2 N–H and O–H groups in total. The highest BCUT2D eigenvalue weighted by Gasteiger charge is 2.15. The van der Waals surface area contributed by atoms with Gasteiger partial charge in [-0.3, -0.25) is 9.52 Å². The van der Waals surface area contributed by atoms with Crippen molar-refractivity contribution in [3.05, 3.63) is 59.6 Å². The Morgan fingerprint density at radius 1 is 1.13 bits per heavy atom. The molecule has 0 saturated carbocycles. The molecule has 1 heterocycles. The average Bonchev–Trinajstić information content (AvgIpc) is 3.24. The molecule has 1 amide bonds. The molecule has 0 aliphatic heterocycles. The standard InChI is InChI=1S/C21H23N3O5S2/c1-15-5-10-18(19(14-15)28-2)29-12-3-4-20(25)23-16-6-8-17(9-7-16)31(26,27)24-21-22-11-13-30-21/h5-11,13-14H,3-4,12H2,1-2H3,(H,22,24)(H,23,25). The number of ether oxygens (including phenoxy) is 2. The van der Waals surface area contributed by atoms with Crippen molar-refractivity contribution >= 4 is 38.1 Å². The molecule has 164 valence electrons. The largest absolute Gasteiger partial charge is 0.493 e. The van der Waals surface area contributed by atoms with Crippen molar-refractivity contribution in [2.75, 3.05) is 23.8 Å². The molecule has 1 aromatic heterocycles. The Hall–Kier alpha value is -3.11. The van der Waals surface area contributed by atoms with Crippen LogP contribution in [0.3, 0.4) is 0 Å². The Morgan fingerprint density at radius 2 is 1.90 bits per heavy atom. The highest BCUT2D eigenvalue weighted by atomic mass is 32.2. The third-order valence-corrected chi connectivity index (χ3v) is 6.40. The summed E-state index contributed by atoms with van der Waals surface area (Å²) in [6.07, 6.45) is 2.30. The Kier molecular flexibility index (Phi) is 7.48. The molecule has 2 aromatic carbocycles. The summed E-state index contributed by atoms with van der Waals surface area (Å²) in [6, 6.07) is 11.6. The van der Waals surface area contributed by atoms with Gasteiger partial charge in [-0.25, -0.2) is 13.4 Å². The topological polar surface area (TPSA) is 107 Å². The summed E-state index contributed by atoms with van der Waals surface area (Å²) >= 11 is 1.19. The summed E-state index contributed by atoms with van der Waals surface area (Å²) in [5.41, 5.74) is 1.58. The van der Waals surface area contributed by atoms with E-state index >= 15 is 0 Å². The number of rotatable bonds is 10. The third-order valence-electron chi connectivity index (χ3n) is 4.23. The molecule has 0 radical (unpaired) electrons. The Bertz CT molecular complexity index is 1110. The second-order valence-electron chi connectivity index (χ2n) is 6.62. The molecular formula is C21H23N3O5S2. The number of carbonyl (C=O) groups is 1. The van der Waals surface area contributed by atoms with E-state index in [9.17, 15) is 13.2 Å². The summed E-state index contributed by atoms with van der Waals surface area (Å²) in [7, 11) is -2.14. The fraction of sp³-hybridized carbons (Fsp3) is 0.238. The van der Waals surface area contributed by atoms with Crippen LogP contribution in [-0.2, 0) is 14.8 Å². The number of nitrogens with zero attached hydrogens (tertiary/aromatic N) is 1. The number of thiazole rings is 1. The number of benzene rings is 2. The van der Waals surface area contributed by atoms with Crippen molar-refractivity contribution in [3.8, 4) is 11.5 Å². The van der Waals surface area contributed by atoms with E-state index in [1.807, 2.05) is 25.1 Å². The first-order valence-electron chi connectivity index (χ1n) is 9.47. The quantitative estimate of drug-likeness (QED) is 0.441. The van der Waals surface area contributed by atoms with Crippen LogP contribution in [0, 0.1) is 6.92 Å². The van der Waals surface area contributed by atoms with Gasteiger partial charge in [0.25, 0.3) is 10.0 Å². The van der Waals surface area contributed by atoms with E-state index in [0.29, 0.717) is 35.3 Å². The van der Waals surface area contributed by atoms with E-state index < -0.39 is 10.0 Å². The lowest BCUT2D eigenvalue weighted by atomic mass is 10.2. The van der Waals surface area contributed by atoms with E-state index in [4.69, 9.17) is 9.47 Å². The molecule has 0 atom stereocenters. The van der Waals surface area contributed by atoms with Crippen LogP contribution in [0.1, 0.15) is 18.4 Å². The molecule has 0 fully saturated rings. The van der Waals surface area contributed by atoms with Crippen molar-refractivity contribution in [2.45, 2.75) is 24.7 Å². The minimum atomic E-state index is -3.72. The van der Waals surface area contributed by atoms with Crippen LogP contribution in [0.25, 0.3) is 0 Å². The van der Waals surface area contributed by atoms with Crippen LogP contribution < -0.4 is 19.5 Å². The zero-order valence-corrected chi connectivity index (χ0v) is 18.8. The molecule has 0 aliphatic rings. The minimum absolute atomic E-state index is 0.0844. The van der Waals surface area contributed by atoms with Crippen LogP contribution in [0.5, 0.6) is 11.5 Å². The number of sulfonamides is 1. The van der Waals surface area contributed by atoms with E-state index in [2.05, 4.69) is 15.0 Å². The number of methoxy groups -OCH3 is 1. The summed E-state index contributed by atoms with van der Waals surface area (Å²) < 4.78 is 38.1. The minimum Gasteiger partial charge on any atom is -0.493 e. The Labute approximate surface area is 185 Å². The molecule has 0 aliphatic carbocycles. The number of aromatic nitrogens is 1. The molecule has 0 unspecified atom stereocenters. The maximum Gasteiger partial charge on any atom is 0.263 e. The Balaban J connectivity index is 1.46. The summed E-state index contributed by atoms with van der Waals surface area (Å²) in [5, 5.41) is 4.72.